The zero-order valence-electron chi connectivity index (χ0n) is 11.7. The number of aliphatic hydroxyl groups excluding tert-OH is 1. The summed E-state index contributed by atoms with van der Waals surface area (Å²) in [5.74, 6) is 1.65. The molecule has 4 heteroatoms. The van der Waals surface area contributed by atoms with E-state index in [2.05, 4.69) is 0 Å². The summed E-state index contributed by atoms with van der Waals surface area (Å²) in [6.45, 7) is 1.28. The van der Waals surface area contributed by atoms with Gasteiger partial charge < -0.3 is 19.7 Å². The number of rotatable bonds is 3. The maximum atomic E-state index is 10.4. The van der Waals surface area contributed by atoms with Crippen LogP contribution in [0.4, 0.5) is 0 Å². The van der Waals surface area contributed by atoms with Gasteiger partial charge in [-0.25, -0.2) is 0 Å². The predicted molar refractivity (Wildman–Crippen MR) is 78.8 cm³/mol. The third kappa shape index (κ3) is 3.28. The molecule has 0 aliphatic carbocycles. The van der Waals surface area contributed by atoms with Crippen LogP contribution in [-0.2, 0) is 6.42 Å². The summed E-state index contributed by atoms with van der Waals surface area (Å²) in [5.41, 5.74) is 1.76. The maximum Gasteiger partial charge on any atom is 0.161 e. The molecule has 110 valence electrons. The number of benzene rings is 2. The number of aliphatic hydroxyl groups is 1. The smallest absolute Gasteiger partial charge is 0.161 e. The van der Waals surface area contributed by atoms with Crippen molar-refractivity contribution in [3.05, 3.63) is 53.6 Å². The molecule has 1 atom stereocenters. The Morgan fingerprint density at radius 1 is 0.952 bits per heavy atom. The van der Waals surface area contributed by atoms with Crippen LogP contribution in [0.3, 0.4) is 0 Å². The van der Waals surface area contributed by atoms with Gasteiger partial charge in [-0.15, -0.1) is 0 Å². The van der Waals surface area contributed by atoms with Gasteiger partial charge in [-0.1, -0.05) is 18.2 Å². The van der Waals surface area contributed by atoms with Gasteiger partial charge in [0.15, 0.2) is 11.5 Å². The molecule has 0 saturated heterocycles. The van der Waals surface area contributed by atoms with Crippen molar-refractivity contribution >= 4 is 0 Å². The third-order valence-electron chi connectivity index (χ3n) is 3.52. The molecular formula is C17H18O4. The first-order valence-electron chi connectivity index (χ1n) is 7.08. The highest BCUT2D eigenvalue weighted by molar-refractivity contribution is 5.44. The highest BCUT2D eigenvalue weighted by Gasteiger charge is 2.15. The van der Waals surface area contributed by atoms with E-state index in [9.17, 15) is 10.2 Å². The summed E-state index contributed by atoms with van der Waals surface area (Å²) < 4.78 is 11.2. The molecule has 0 spiro atoms. The second kappa shape index (κ2) is 6.06. The third-order valence-corrected chi connectivity index (χ3v) is 3.52. The van der Waals surface area contributed by atoms with Crippen LogP contribution in [-0.4, -0.2) is 23.4 Å². The summed E-state index contributed by atoms with van der Waals surface area (Å²) in [5, 5.41) is 19.6. The van der Waals surface area contributed by atoms with Gasteiger partial charge in [0.1, 0.15) is 5.75 Å². The monoisotopic (exact) mass is 286 g/mol. The summed E-state index contributed by atoms with van der Waals surface area (Å²) in [7, 11) is 0. The number of fused-ring (bicyclic) bond motifs is 1. The van der Waals surface area contributed by atoms with Crippen molar-refractivity contribution in [2.24, 2.45) is 0 Å². The lowest BCUT2D eigenvalue weighted by atomic mass is 10.0. The van der Waals surface area contributed by atoms with Crippen LogP contribution in [0.1, 0.15) is 23.7 Å². The average molecular weight is 286 g/mol. The fourth-order valence-corrected chi connectivity index (χ4v) is 2.36. The first-order chi connectivity index (χ1) is 10.2. The molecule has 0 radical (unpaired) electrons. The van der Waals surface area contributed by atoms with Gasteiger partial charge in [0.2, 0.25) is 0 Å². The van der Waals surface area contributed by atoms with Crippen LogP contribution in [0, 0.1) is 0 Å². The second-order valence-corrected chi connectivity index (χ2v) is 5.14. The zero-order valence-corrected chi connectivity index (χ0v) is 11.7. The van der Waals surface area contributed by atoms with Gasteiger partial charge in [-0.3, -0.25) is 0 Å². The Bertz CT molecular complexity index is 607. The fraction of sp³-hybridized carbons (Fsp3) is 0.294. The molecule has 0 bridgehead atoms. The molecule has 0 fully saturated rings. The summed E-state index contributed by atoms with van der Waals surface area (Å²) in [6, 6.07) is 12.4. The van der Waals surface area contributed by atoms with Crippen LogP contribution >= 0.6 is 0 Å². The van der Waals surface area contributed by atoms with Crippen LogP contribution in [0.15, 0.2) is 42.5 Å². The Labute approximate surface area is 123 Å². The van der Waals surface area contributed by atoms with Gasteiger partial charge in [-0.05, 0) is 35.4 Å². The molecule has 1 aliphatic heterocycles. The van der Waals surface area contributed by atoms with Gasteiger partial charge in [-0.2, -0.15) is 0 Å². The molecule has 0 aromatic heterocycles. The number of hydrogen-bond donors (Lipinski definition) is 2. The second-order valence-electron chi connectivity index (χ2n) is 5.14. The van der Waals surface area contributed by atoms with Gasteiger partial charge in [0.05, 0.1) is 19.3 Å². The molecule has 0 saturated carbocycles. The van der Waals surface area contributed by atoms with Crippen molar-refractivity contribution < 1.29 is 19.7 Å². The predicted octanol–water partition coefficient (Wildman–Crippen LogP) is 2.83. The molecule has 2 aromatic rings. The molecule has 4 nitrogen and oxygen atoms in total. The van der Waals surface area contributed by atoms with Crippen molar-refractivity contribution in [1.82, 2.24) is 0 Å². The Balaban J connectivity index is 1.76. The van der Waals surface area contributed by atoms with Crippen LogP contribution in [0.5, 0.6) is 17.2 Å². The van der Waals surface area contributed by atoms with E-state index in [0.29, 0.717) is 25.4 Å². The lowest BCUT2D eigenvalue weighted by Gasteiger charge is -2.14. The largest absolute Gasteiger partial charge is 0.508 e. The highest BCUT2D eigenvalue weighted by Crippen LogP contribution is 2.33. The van der Waals surface area contributed by atoms with Gasteiger partial charge >= 0.3 is 0 Å². The molecule has 3 rings (SSSR count). The quantitative estimate of drug-likeness (QED) is 0.911. The number of ether oxygens (including phenoxy) is 2. The lowest BCUT2D eigenvalue weighted by molar-refractivity contribution is 0.178. The van der Waals surface area contributed by atoms with E-state index in [1.165, 1.54) is 0 Å². The minimum Gasteiger partial charge on any atom is -0.508 e. The number of aromatic hydroxyl groups is 1. The zero-order chi connectivity index (χ0) is 14.7. The van der Waals surface area contributed by atoms with Crippen molar-refractivity contribution in [3.8, 4) is 17.2 Å². The van der Waals surface area contributed by atoms with E-state index in [1.54, 1.807) is 12.1 Å². The fourth-order valence-electron chi connectivity index (χ4n) is 2.36. The number of hydrogen-bond acceptors (Lipinski definition) is 4. The minimum atomic E-state index is -0.619. The standard InChI is InChI=1S/C17H18O4/c18-14-5-2-12(3-6-14)10-15(19)13-4-7-16-17(11-13)21-9-1-8-20-16/h2-7,11,15,18-19H,1,8-10H2. The molecular weight excluding hydrogens is 268 g/mol. The molecule has 0 amide bonds. The van der Waals surface area contributed by atoms with Crippen molar-refractivity contribution in [1.29, 1.82) is 0 Å². The van der Waals surface area contributed by atoms with Crippen molar-refractivity contribution in [3.63, 3.8) is 0 Å². The van der Waals surface area contributed by atoms with Crippen molar-refractivity contribution in [2.45, 2.75) is 18.9 Å². The molecule has 1 aliphatic rings. The van der Waals surface area contributed by atoms with E-state index in [4.69, 9.17) is 9.47 Å². The summed E-state index contributed by atoms with van der Waals surface area (Å²) in [4.78, 5) is 0. The van der Waals surface area contributed by atoms with Crippen LogP contribution in [0.25, 0.3) is 0 Å². The normalized spacial score (nSPS) is 15.3. The van der Waals surface area contributed by atoms with Crippen LogP contribution < -0.4 is 9.47 Å². The average Bonchev–Trinajstić information content (AvgIpc) is 2.74. The topological polar surface area (TPSA) is 58.9 Å². The van der Waals surface area contributed by atoms with E-state index in [1.807, 2.05) is 30.3 Å². The molecule has 2 N–H and O–H groups in total. The molecule has 2 aromatic carbocycles. The summed E-state index contributed by atoms with van der Waals surface area (Å²) in [6.07, 6.45) is 0.728. The SMILES string of the molecule is Oc1ccc(CC(O)c2ccc3c(c2)OCCCO3)cc1. The Hall–Kier alpha value is -2.20. The van der Waals surface area contributed by atoms with E-state index < -0.39 is 6.10 Å². The number of phenols is 1. The van der Waals surface area contributed by atoms with E-state index in [-0.39, 0.29) is 5.75 Å². The lowest BCUT2D eigenvalue weighted by Crippen LogP contribution is -2.02. The van der Waals surface area contributed by atoms with E-state index >= 15 is 0 Å². The van der Waals surface area contributed by atoms with E-state index in [0.717, 1.165) is 23.3 Å². The molecule has 1 heterocycles. The van der Waals surface area contributed by atoms with Crippen molar-refractivity contribution in [2.75, 3.05) is 13.2 Å². The maximum absolute atomic E-state index is 10.4. The molecule has 21 heavy (non-hydrogen) atoms. The summed E-state index contributed by atoms with van der Waals surface area (Å²) >= 11 is 0. The Morgan fingerprint density at radius 2 is 1.67 bits per heavy atom. The minimum absolute atomic E-state index is 0.226. The number of phenolic OH excluding ortho intramolecular Hbond substituents is 1. The first kappa shape index (κ1) is 13.8. The Morgan fingerprint density at radius 3 is 2.43 bits per heavy atom. The van der Waals surface area contributed by atoms with Crippen LogP contribution in [0.2, 0.25) is 0 Å². The van der Waals surface area contributed by atoms with Gasteiger partial charge in [0.25, 0.3) is 0 Å². The highest BCUT2D eigenvalue weighted by atomic mass is 16.5. The first-order valence-corrected chi connectivity index (χ1v) is 7.08. The Kier molecular flexibility index (Phi) is 3.97. The van der Waals surface area contributed by atoms with Gasteiger partial charge in [0, 0.05) is 12.8 Å². The molecule has 1 unspecified atom stereocenters.